The molecule has 124 valence electrons. The molecular weight excluding hydrogens is 310 g/mol. The van der Waals surface area contributed by atoms with Crippen LogP contribution in [0.1, 0.15) is 23.8 Å². The van der Waals surface area contributed by atoms with E-state index >= 15 is 0 Å². The highest BCUT2D eigenvalue weighted by molar-refractivity contribution is 7.10. The second kappa shape index (κ2) is 7.14. The first-order valence-electron chi connectivity index (χ1n) is 7.92. The van der Waals surface area contributed by atoms with Crippen LogP contribution in [-0.4, -0.2) is 52.8 Å². The molecule has 6 nitrogen and oxygen atoms in total. The Morgan fingerprint density at radius 2 is 2.35 bits per heavy atom. The van der Waals surface area contributed by atoms with E-state index in [0.29, 0.717) is 5.82 Å². The summed E-state index contributed by atoms with van der Waals surface area (Å²) in [6, 6.07) is 6.14. The third-order valence-corrected chi connectivity index (χ3v) is 5.01. The van der Waals surface area contributed by atoms with Crippen molar-refractivity contribution in [3.63, 3.8) is 0 Å². The van der Waals surface area contributed by atoms with Crippen molar-refractivity contribution >= 4 is 23.2 Å². The van der Waals surface area contributed by atoms with E-state index in [1.54, 1.807) is 11.3 Å². The molecule has 1 saturated heterocycles. The number of hydrogen-bond acceptors (Lipinski definition) is 4. The summed E-state index contributed by atoms with van der Waals surface area (Å²) in [5.41, 5.74) is 0. The zero-order valence-corrected chi connectivity index (χ0v) is 14.4. The van der Waals surface area contributed by atoms with E-state index in [-0.39, 0.29) is 12.1 Å². The van der Waals surface area contributed by atoms with E-state index < -0.39 is 0 Å². The topological polar surface area (TPSA) is 53.4 Å². The van der Waals surface area contributed by atoms with Gasteiger partial charge in [-0.05, 0) is 38.4 Å². The maximum absolute atomic E-state index is 12.6. The van der Waals surface area contributed by atoms with Crippen molar-refractivity contribution < 1.29 is 4.79 Å². The van der Waals surface area contributed by atoms with Crippen LogP contribution in [0.4, 0.5) is 10.6 Å². The molecule has 0 aromatic carbocycles. The summed E-state index contributed by atoms with van der Waals surface area (Å²) in [5, 5.41) is 9.41. The fourth-order valence-corrected chi connectivity index (χ4v) is 3.70. The Labute approximate surface area is 140 Å². The lowest BCUT2D eigenvalue weighted by Gasteiger charge is -2.23. The van der Waals surface area contributed by atoms with E-state index in [2.05, 4.69) is 26.8 Å². The monoisotopic (exact) mass is 333 g/mol. The Hall–Kier alpha value is -1.86. The number of aromatic nitrogens is 2. The molecule has 0 spiro atoms. The number of likely N-dealkylation sites (N-methyl/N-ethyl adjacent to an activating group) is 1. The van der Waals surface area contributed by atoms with Crippen LogP contribution in [0, 0.1) is 0 Å². The quantitative estimate of drug-likeness (QED) is 0.915. The molecule has 23 heavy (non-hydrogen) atoms. The number of nitrogens with zero attached hydrogens (tertiary/aromatic N) is 4. The standard InChI is InChI=1S/C16H23N5OS/c1-19(2)10-11-20-9-7-15(18-20)17-16(22)21-8-3-5-13(21)14-6-4-12-23-14/h4,6-7,9,12-13H,3,5,8,10-11H2,1-2H3,(H,17,18,22)/t13-/m1/s1. The number of urea groups is 1. The van der Waals surface area contributed by atoms with Crippen molar-refractivity contribution in [2.45, 2.75) is 25.4 Å². The highest BCUT2D eigenvalue weighted by Crippen LogP contribution is 2.34. The fourth-order valence-electron chi connectivity index (χ4n) is 2.82. The number of anilines is 1. The summed E-state index contributed by atoms with van der Waals surface area (Å²) in [7, 11) is 4.06. The van der Waals surface area contributed by atoms with Gasteiger partial charge >= 0.3 is 6.03 Å². The Balaban J connectivity index is 1.60. The molecule has 1 aliphatic heterocycles. The minimum absolute atomic E-state index is 0.0567. The number of rotatable bonds is 5. The first-order valence-corrected chi connectivity index (χ1v) is 8.80. The predicted molar refractivity (Wildman–Crippen MR) is 92.8 cm³/mol. The van der Waals surface area contributed by atoms with Gasteiger partial charge in [-0.15, -0.1) is 11.3 Å². The number of nitrogens with one attached hydrogen (secondary N) is 1. The molecule has 0 unspecified atom stereocenters. The van der Waals surface area contributed by atoms with Crippen molar-refractivity contribution in [3.8, 4) is 0 Å². The lowest BCUT2D eigenvalue weighted by molar-refractivity contribution is 0.207. The number of likely N-dealkylation sites (tertiary alicyclic amines) is 1. The van der Waals surface area contributed by atoms with E-state index in [1.807, 2.05) is 42.0 Å². The summed E-state index contributed by atoms with van der Waals surface area (Å²) in [5.74, 6) is 0.616. The van der Waals surface area contributed by atoms with Crippen LogP contribution in [0.15, 0.2) is 29.8 Å². The minimum Gasteiger partial charge on any atom is -0.317 e. The summed E-state index contributed by atoms with van der Waals surface area (Å²) < 4.78 is 1.86. The van der Waals surface area contributed by atoms with Gasteiger partial charge in [0.15, 0.2) is 5.82 Å². The maximum atomic E-state index is 12.6. The van der Waals surface area contributed by atoms with E-state index in [9.17, 15) is 4.79 Å². The van der Waals surface area contributed by atoms with Crippen molar-refractivity contribution in [1.82, 2.24) is 19.6 Å². The normalized spacial score (nSPS) is 17.9. The molecule has 0 aliphatic carbocycles. The molecule has 3 heterocycles. The van der Waals surface area contributed by atoms with Gasteiger partial charge in [0.25, 0.3) is 0 Å². The Morgan fingerprint density at radius 3 is 3.09 bits per heavy atom. The summed E-state index contributed by atoms with van der Waals surface area (Å²) in [4.78, 5) is 17.8. The highest BCUT2D eigenvalue weighted by atomic mass is 32.1. The molecule has 7 heteroatoms. The number of thiophene rings is 1. The third-order valence-electron chi connectivity index (χ3n) is 4.04. The Morgan fingerprint density at radius 1 is 1.48 bits per heavy atom. The smallest absolute Gasteiger partial charge is 0.317 e. The molecule has 1 aliphatic rings. The average molecular weight is 333 g/mol. The molecule has 0 radical (unpaired) electrons. The molecule has 0 bridgehead atoms. The second-order valence-corrected chi connectivity index (χ2v) is 7.04. The molecular formula is C16H23N5OS. The molecule has 1 fully saturated rings. The maximum Gasteiger partial charge on any atom is 0.323 e. The van der Waals surface area contributed by atoms with Gasteiger partial charge in [-0.25, -0.2) is 4.79 Å². The van der Waals surface area contributed by atoms with Gasteiger partial charge in [-0.2, -0.15) is 5.10 Å². The SMILES string of the molecule is CN(C)CCn1ccc(NC(=O)N2CCC[C@@H]2c2cccs2)n1. The molecule has 2 amide bonds. The largest absolute Gasteiger partial charge is 0.323 e. The number of carbonyl (C=O) groups excluding carboxylic acids is 1. The molecule has 2 aromatic rings. The lowest BCUT2D eigenvalue weighted by atomic mass is 10.2. The van der Waals surface area contributed by atoms with E-state index in [0.717, 1.165) is 32.5 Å². The van der Waals surface area contributed by atoms with Crippen molar-refractivity contribution in [2.75, 3.05) is 32.5 Å². The predicted octanol–water partition coefficient (Wildman–Crippen LogP) is 2.88. The average Bonchev–Trinajstić information content (AvgIpc) is 3.25. The lowest BCUT2D eigenvalue weighted by Crippen LogP contribution is -2.34. The Bertz CT molecular complexity index is 637. The van der Waals surface area contributed by atoms with E-state index in [4.69, 9.17) is 0 Å². The van der Waals surface area contributed by atoms with Crippen molar-refractivity contribution in [1.29, 1.82) is 0 Å². The fraction of sp³-hybridized carbons (Fsp3) is 0.500. The van der Waals surface area contributed by atoms with Crippen molar-refractivity contribution in [2.24, 2.45) is 0 Å². The number of hydrogen-bond donors (Lipinski definition) is 1. The van der Waals surface area contributed by atoms with Gasteiger partial charge in [0, 0.05) is 30.2 Å². The molecule has 3 rings (SSSR count). The molecule has 1 atom stereocenters. The first kappa shape index (κ1) is 16.0. The van der Waals surface area contributed by atoms with Gasteiger partial charge in [-0.1, -0.05) is 6.07 Å². The van der Waals surface area contributed by atoms with Crippen LogP contribution >= 0.6 is 11.3 Å². The second-order valence-electron chi connectivity index (χ2n) is 6.06. The molecule has 0 saturated carbocycles. The van der Waals surface area contributed by atoms with Gasteiger partial charge < -0.3 is 9.80 Å². The van der Waals surface area contributed by atoms with Crippen LogP contribution in [0.25, 0.3) is 0 Å². The number of amides is 2. The van der Waals surface area contributed by atoms with Gasteiger partial charge in [0.05, 0.1) is 12.6 Å². The van der Waals surface area contributed by atoms with Gasteiger partial charge in [-0.3, -0.25) is 10.00 Å². The number of carbonyl (C=O) groups is 1. The first-order chi connectivity index (χ1) is 11.1. The molecule has 1 N–H and O–H groups in total. The molecule has 2 aromatic heterocycles. The van der Waals surface area contributed by atoms with Gasteiger partial charge in [0.2, 0.25) is 0 Å². The van der Waals surface area contributed by atoms with Crippen LogP contribution in [0.3, 0.4) is 0 Å². The summed E-state index contributed by atoms with van der Waals surface area (Å²) in [6.07, 6.45) is 3.98. The third kappa shape index (κ3) is 3.92. The zero-order chi connectivity index (χ0) is 16.2. The minimum atomic E-state index is -0.0567. The summed E-state index contributed by atoms with van der Waals surface area (Å²) >= 11 is 1.71. The van der Waals surface area contributed by atoms with Gasteiger partial charge in [0.1, 0.15) is 0 Å². The van der Waals surface area contributed by atoms with Crippen LogP contribution in [-0.2, 0) is 6.54 Å². The van der Waals surface area contributed by atoms with E-state index in [1.165, 1.54) is 4.88 Å². The summed E-state index contributed by atoms with van der Waals surface area (Å²) in [6.45, 7) is 2.53. The van der Waals surface area contributed by atoms with Crippen LogP contribution in [0.5, 0.6) is 0 Å². The zero-order valence-electron chi connectivity index (χ0n) is 13.6. The van der Waals surface area contributed by atoms with Crippen LogP contribution in [0.2, 0.25) is 0 Å². The van der Waals surface area contributed by atoms with Crippen molar-refractivity contribution in [3.05, 3.63) is 34.7 Å². The Kier molecular flexibility index (Phi) is 4.97. The van der Waals surface area contributed by atoms with Crippen LogP contribution < -0.4 is 5.32 Å². The highest BCUT2D eigenvalue weighted by Gasteiger charge is 2.30.